The molecule has 0 bridgehead atoms. The van der Waals surface area contributed by atoms with E-state index in [0.29, 0.717) is 24.4 Å². The maximum absolute atomic E-state index is 12.5. The van der Waals surface area contributed by atoms with Crippen LogP contribution in [0, 0.1) is 0 Å². The summed E-state index contributed by atoms with van der Waals surface area (Å²) in [6, 6.07) is 7.49. The molecular formula is C16H24N2O3. The van der Waals surface area contributed by atoms with Crippen LogP contribution in [0.3, 0.4) is 0 Å². The van der Waals surface area contributed by atoms with Crippen LogP contribution in [0.15, 0.2) is 24.3 Å². The van der Waals surface area contributed by atoms with Crippen LogP contribution in [0.1, 0.15) is 16.8 Å². The van der Waals surface area contributed by atoms with Crippen molar-refractivity contribution < 1.29 is 14.6 Å². The van der Waals surface area contributed by atoms with Crippen LogP contribution in [0.2, 0.25) is 0 Å². The van der Waals surface area contributed by atoms with Crippen molar-refractivity contribution in [3.8, 4) is 5.75 Å². The number of β-amino-alcohol motifs (C(OH)–C–C–N with tert-alkyl or cyclic N) is 1. The summed E-state index contributed by atoms with van der Waals surface area (Å²) in [5.74, 6) is 0.636. The number of ketones is 1. The van der Waals surface area contributed by atoms with Gasteiger partial charge in [-0.2, -0.15) is 0 Å². The standard InChI is InChI=1S/C16H24N2O3/c1-17(2)9-12-8-13(19)10-18(12)11-15(20)14-6-4-5-7-16(14)21-3/h4-7,12-13,19H,8-11H2,1-3H3. The smallest absolute Gasteiger partial charge is 0.180 e. The van der Waals surface area contributed by atoms with Gasteiger partial charge in [0.2, 0.25) is 0 Å². The second-order valence-corrected chi connectivity index (χ2v) is 5.86. The Hall–Kier alpha value is -1.43. The minimum Gasteiger partial charge on any atom is -0.496 e. The van der Waals surface area contributed by atoms with Gasteiger partial charge >= 0.3 is 0 Å². The molecular weight excluding hydrogens is 268 g/mol. The van der Waals surface area contributed by atoms with Gasteiger partial charge in [-0.15, -0.1) is 0 Å². The highest BCUT2D eigenvalue weighted by Gasteiger charge is 2.32. The highest BCUT2D eigenvalue weighted by atomic mass is 16.5. The fourth-order valence-corrected chi connectivity index (χ4v) is 2.91. The van der Waals surface area contributed by atoms with E-state index in [1.807, 2.05) is 26.2 Å². The van der Waals surface area contributed by atoms with E-state index in [4.69, 9.17) is 4.74 Å². The van der Waals surface area contributed by atoms with E-state index in [2.05, 4.69) is 9.80 Å². The molecule has 0 aliphatic carbocycles. The van der Waals surface area contributed by atoms with Crippen molar-refractivity contribution in [1.82, 2.24) is 9.80 Å². The first-order valence-corrected chi connectivity index (χ1v) is 7.24. The quantitative estimate of drug-likeness (QED) is 0.789. The minimum absolute atomic E-state index is 0.0327. The molecule has 2 unspecified atom stereocenters. The summed E-state index contributed by atoms with van der Waals surface area (Å²) < 4.78 is 5.25. The van der Waals surface area contributed by atoms with Gasteiger partial charge in [0.15, 0.2) is 5.78 Å². The van der Waals surface area contributed by atoms with Crippen molar-refractivity contribution in [3.63, 3.8) is 0 Å². The second kappa shape index (κ2) is 7.02. The average Bonchev–Trinajstić information content (AvgIpc) is 2.77. The van der Waals surface area contributed by atoms with E-state index in [1.54, 1.807) is 19.2 Å². The van der Waals surface area contributed by atoms with Crippen LogP contribution in [0.5, 0.6) is 5.75 Å². The third-order valence-electron chi connectivity index (χ3n) is 3.84. The normalized spacial score (nSPS) is 22.7. The molecule has 1 aromatic rings. The number of hydrogen-bond donors (Lipinski definition) is 1. The summed E-state index contributed by atoms with van der Waals surface area (Å²) in [5.41, 5.74) is 0.602. The summed E-state index contributed by atoms with van der Waals surface area (Å²) in [6.07, 6.45) is 0.373. The number of para-hydroxylation sites is 1. The van der Waals surface area contributed by atoms with E-state index in [0.717, 1.165) is 13.0 Å². The molecule has 1 N–H and O–H groups in total. The van der Waals surface area contributed by atoms with Gasteiger partial charge in [0, 0.05) is 19.1 Å². The van der Waals surface area contributed by atoms with Gasteiger partial charge in [-0.25, -0.2) is 0 Å². The molecule has 0 aromatic heterocycles. The molecule has 116 valence electrons. The summed E-state index contributed by atoms with van der Waals surface area (Å²) >= 11 is 0. The summed E-state index contributed by atoms with van der Waals surface area (Å²) in [5, 5.41) is 9.87. The molecule has 1 fully saturated rings. The number of rotatable bonds is 6. The van der Waals surface area contributed by atoms with Crippen molar-refractivity contribution in [2.24, 2.45) is 0 Å². The maximum Gasteiger partial charge on any atom is 0.180 e. The van der Waals surface area contributed by atoms with Crippen LogP contribution in [-0.4, -0.2) is 73.7 Å². The fraction of sp³-hybridized carbons (Fsp3) is 0.562. The average molecular weight is 292 g/mol. The molecule has 2 atom stereocenters. The monoisotopic (exact) mass is 292 g/mol. The Kier molecular flexibility index (Phi) is 5.33. The van der Waals surface area contributed by atoms with Crippen molar-refractivity contribution >= 4 is 5.78 Å². The zero-order chi connectivity index (χ0) is 15.4. The molecule has 1 aliphatic heterocycles. The molecule has 0 radical (unpaired) electrons. The van der Waals surface area contributed by atoms with E-state index in [-0.39, 0.29) is 17.9 Å². The zero-order valence-corrected chi connectivity index (χ0v) is 13.0. The Bertz CT molecular complexity index is 490. The van der Waals surface area contributed by atoms with Gasteiger partial charge < -0.3 is 14.7 Å². The number of hydrogen-bond acceptors (Lipinski definition) is 5. The minimum atomic E-state index is -0.347. The highest BCUT2D eigenvalue weighted by molar-refractivity contribution is 6.00. The summed E-state index contributed by atoms with van der Waals surface area (Å²) in [7, 11) is 5.58. The number of carbonyl (C=O) groups is 1. The Morgan fingerprint density at radius 3 is 2.81 bits per heavy atom. The number of aliphatic hydroxyl groups excluding tert-OH is 1. The fourth-order valence-electron chi connectivity index (χ4n) is 2.91. The molecule has 1 aliphatic rings. The number of ether oxygens (including phenoxy) is 1. The van der Waals surface area contributed by atoms with E-state index in [9.17, 15) is 9.90 Å². The number of benzene rings is 1. The molecule has 2 rings (SSSR count). The van der Waals surface area contributed by atoms with Crippen molar-refractivity contribution in [3.05, 3.63) is 29.8 Å². The Morgan fingerprint density at radius 2 is 2.14 bits per heavy atom. The van der Waals surface area contributed by atoms with Crippen LogP contribution in [-0.2, 0) is 0 Å². The first kappa shape index (κ1) is 15.9. The summed E-state index contributed by atoms with van der Waals surface area (Å²) in [6.45, 7) is 1.71. The number of likely N-dealkylation sites (N-methyl/N-ethyl adjacent to an activating group) is 1. The molecule has 21 heavy (non-hydrogen) atoms. The number of aliphatic hydroxyl groups is 1. The lowest BCUT2D eigenvalue weighted by Crippen LogP contribution is -2.40. The third-order valence-corrected chi connectivity index (χ3v) is 3.84. The molecule has 1 heterocycles. The van der Waals surface area contributed by atoms with Crippen molar-refractivity contribution in [2.45, 2.75) is 18.6 Å². The molecule has 0 amide bonds. The molecule has 1 saturated heterocycles. The molecule has 0 saturated carbocycles. The van der Waals surface area contributed by atoms with Gasteiger partial charge in [0.05, 0.1) is 25.3 Å². The Morgan fingerprint density at radius 1 is 1.43 bits per heavy atom. The van der Waals surface area contributed by atoms with E-state index in [1.165, 1.54) is 0 Å². The van der Waals surface area contributed by atoms with Gasteiger partial charge in [-0.05, 0) is 32.6 Å². The highest BCUT2D eigenvalue weighted by Crippen LogP contribution is 2.22. The van der Waals surface area contributed by atoms with Crippen LogP contribution in [0.4, 0.5) is 0 Å². The number of nitrogens with zero attached hydrogens (tertiary/aromatic N) is 2. The number of Topliss-reactive ketones (excluding diaryl/α,β-unsaturated/α-hetero) is 1. The van der Waals surface area contributed by atoms with Crippen LogP contribution in [0.25, 0.3) is 0 Å². The summed E-state index contributed by atoms with van der Waals surface area (Å²) in [4.78, 5) is 16.7. The second-order valence-electron chi connectivity index (χ2n) is 5.86. The first-order valence-electron chi connectivity index (χ1n) is 7.24. The number of likely N-dealkylation sites (tertiary alicyclic amines) is 1. The van der Waals surface area contributed by atoms with Crippen LogP contribution < -0.4 is 4.74 Å². The first-order chi connectivity index (χ1) is 10.0. The molecule has 1 aromatic carbocycles. The maximum atomic E-state index is 12.5. The number of carbonyl (C=O) groups excluding carboxylic acids is 1. The lowest BCUT2D eigenvalue weighted by Gasteiger charge is -2.26. The van der Waals surface area contributed by atoms with Crippen LogP contribution >= 0.6 is 0 Å². The third kappa shape index (κ3) is 4.03. The largest absolute Gasteiger partial charge is 0.496 e. The van der Waals surface area contributed by atoms with Gasteiger partial charge in [0.1, 0.15) is 5.75 Å². The SMILES string of the molecule is COc1ccccc1C(=O)CN1CC(O)CC1CN(C)C. The van der Waals surface area contributed by atoms with Gasteiger partial charge in [-0.3, -0.25) is 9.69 Å². The Labute approximate surface area is 126 Å². The zero-order valence-electron chi connectivity index (χ0n) is 13.0. The number of methoxy groups -OCH3 is 1. The predicted octanol–water partition coefficient (Wildman–Crippen LogP) is 0.875. The molecule has 0 spiro atoms. The van der Waals surface area contributed by atoms with E-state index < -0.39 is 0 Å². The topological polar surface area (TPSA) is 53.0 Å². The molecule has 5 nitrogen and oxygen atoms in total. The van der Waals surface area contributed by atoms with Gasteiger partial charge in [-0.1, -0.05) is 12.1 Å². The van der Waals surface area contributed by atoms with Crippen molar-refractivity contribution in [1.29, 1.82) is 0 Å². The lowest BCUT2D eigenvalue weighted by atomic mass is 10.1. The van der Waals surface area contributed by atoms with E-state index >= 15 is 0 Å². The van der Waals surface area contributed by atoms with Crippen molar-refractivity contribution in [2.75, 3.05) is 40.8 Å². The molecule has 5 heteroatoms. The predicted molar refractivity (Wildman–Crippen MR) is 81.9 cm³/mol. The lowest BCUT2D eigenvalue weighted by molar-refractivity contribution is 0.0899. The van der Waals surface area contributed by atoms with Gasteiger partial charge in [0.25, 0.3) is 0 Å². The Balaban J connectivity index is 2.07.